The van der Waals surface area contributed by atoms with Crippen LogP contribution < -0.4 is 4.90 Å². The Morgan fingerprint density at radius 2 is 1.92 bits per heavy atom. The highest BCUT2D eigenvalue weighted by Gasteiger charge is 2.35. The minimum Gasteiger partial charge on any atom is -0.334 e. The molecule has 1 fully saturated rings. The summed E-state index contributed by atoms with van der Waals surface area (Å²) >= 11 is 0. The van der Waals surface area contributed by atoms with Crippen molar-refractivity contribution in [2.24, 2.45) is 0 Å². The number of carbonyl (C=O) groups excluding carboxylic acids is 1. The highest BCUT2D eigenvalue weighted by atomic mass is 19.1. The van der Waals surface area contributed by atoms with E-state index in [9.17, 15) is 13.6 Å². The highest BCUT2D eigenvalue weighted by Crippen LogP contribution is 2.33. The average Bonchev–Trinajstić information content (AvgIpc) is 3.23. The number of nitrogens with zero attached hydrogens (tertiary/aromatic N) is 3. The number of benzene rings is 2. The van der Waals surface area contributed by atoms with Crippen molar-refractivity contribution in [3.05, 3.63) is 65.5 Å². The lowest BCUT2D eigenvalue weighted by Gasteiger charge is -2.17. The number of hydrogen-bond acceptors (Lipinski definition) is 4. The van der Waals surface area contributed by atoms with Gasteiger partial charge >= 0.3 is 0 Å². The van der Waals surface area contributed by atoms with Gasteiger partial charge in [0.05, 0.1) is 5.69 Å². The molecule has 132 valence electrons. The van der Waals surface area contributed by atoms with Crippen molar-refractivity contribution >= 4 is 11.6 Å². The molecule has 1 saturated heterocycles. The van der Waals surface area contributed by atoms with Gasteiger partial charge in [0.15, 0.2) is 5.82 Å². The second-order valence-corrected chi connectivity index (χ2v) is 6.32. The number of halogens is 2. The van der Waals surface area contributed by atoms with E-state index in [4.69, 9.17) is 4.52 Å². The molecule has 3 aromatic rings. The number of hydrogen-bond donors (Lipinski definition) is 0. The summed E-state index contributed by atoms with van der Waals surface area (Å²) in [7, 11) is 0. The zero-order valence-electron chi connectivity index (χ0n) is 13.9. The summed E-state index contributed by atoms with van der Waals surface area (Å²) in [5, 5.41) is 3.94. The molecule has 0 spiro atoms. The first-order valence-electron chi connectivity index (χ1n) is 8.17. The Bertz CT molecular complexity index is 969. The summed E-state index contributed by atoms with van der Waals surface area (Å²) in [6, 6.07) is 10.5. The monoisotopic (exact) mass is 355 g/mol. The first-order chi connectivity index (χ1) is 12.5. The van der Waals surface area contributed by atoms with E-state index in [-0.39, 0.29) is 42.2 Å². The van der Waals surface area contributed by atoms with Crippen molar-refractivity contribution in [2.45, 2.75) is 19.3 Å². The van der Waals surface area contributed by atoms with Gasteiger partial charge in [0, 0.05) is 24.4 Å². The van der Waals surface area contributed by atoms with E-state index in [1.54, 1.807) is 31.2 Å². The SMILES string of the molecule is Cc1ccc(N2CC(c3noc(-c4ccc(F)cc4)n3)CC2=O)c(F)c1. The lowest BCUT2D eigenvalue weighted by atomic mass is 10.1. The topological polar surface area (TPSA) is 59.2 Å². The summed E-state index contributed by atoms with van der Waals surface area (Å²) in [5.41, 5.74) is 1.64. The van der Waals surface area contributed by atoms with Crippen LogP contribution in [-0.4, -0.2) is 22.6 Å². The minimum atomic E-state index is -0.431. The number of aryl methyl sites for hydroxylation is 1. The molecule has 1 aliphatic rings. The summed E-state index contributed by atoms with van der Waals surface area (Å²) in [6.07, 6.45) is 0.176. The van der Waals surface area contributed by atoms with Crippen LogP contribution in [0, 0.1) is 18.6 Å². The third kappa shape index (κ3) is 2.96. The first-order valence-corrected chi connectivity index (χ1v) is 8.17. The molecule has 1 amide bonds. The van der Waals surface area contributed by atoms with Crippen molar-refractivity contribution in [1.82, 2.24) is 10.1 Å². The maximum atomic E-state index is 14.2. The van der Waals surface area contributed by atoms with Crippen LogP contribution >= 0.6 is 0 Å². The van der Waals surface area contributed by atoms with Gasteiger partial charge in [-0.1, -0.05) is 11.2 Å². The number of anilines is 1. The average molecular weight is 355 g/mol. The molecule has 0 radical (unpaired) electrons. The quantitative estimate of drug-likeness (QED) is 0.716. The molecular weight excluding hydrogens is 340 g/mol. The molecule has 0 N–H and O–H groups in total. The highest BCUT2D eigenvalue weighted by molar-refractivity contribution is 5.96. The second kappa shape index (κ2) is 6.33. The lowest BCUT2D eigenvalue weighted by Crippen LogP contribution is -2.25. The van der Waals surface area contributed by atoms with Gasteiger partial charge < -0.3 is 9.42 Å². The molecule has 2 aromatic carbocycles. The van der Waals surface area contributed by atoms with Crippen LogP contribution in [0.1, 0.15) is 23.7 Å². The summed E-state index contributed by atoms with van der Waals surface area (Å²) < 4.78 is 32.4. The third-order valence-corrected chi connectivity index (χ3v) is 4.42. The van der Waals surface area contributed by atoms with Crippen molar-refractivity contribution in [3.8, 4) is 11.5 Å². The molecule has 4 rings (SSSR count). The molecular formula is C19H15F2N3O2. The number of carbonyl (C=O) groups is 1. The Hall–Kier alpha value is -3.09. The molecule has 26 heavy (non-hydrogen) atoms. The van der Waals surface area contributed by atoms with Gasteiger partial charge in [-0.25, -0.2) is 8.78 Å². The van der Waals surface area contributed by atoms with E-state index in [0.29, 0.717) is 11.4 Å². The fraction of sp³-hybridized carbons (Fsp3) is 0.211. The van der Waals surface area contributed by atoms with E-state index >= 15 is 0 Å². The molecule has 1 unspecified atom stereocenters. The van der Waals surface area contributed by atoms with Crippen molar-refractivity contribution in [3.63, 3.8) is 0 Å². The maximum absolute atomic E-state index is 14.2. The molecule has 0 saturated carbocycles. The number of rotatable bonds is 3. The standard InChI is InChI=1S/C19H15F2N3O2/c1-11-2-7-16(15(21)8-11)24-10-13(9-17(24)25)18-22-19(26-23-18)12-3-5-14(20)6-4-12/h2-8,13H,9-10H2,1H3. The zero-order valence-corrected chi connectivity index (χ0v) is 13.9. The fourth-order valence-electron chi connectivity index (χ4n) is 3.05. The van der Waals surface area contributed by atoms with Crippen LogP contribution in [0.3, 0.4) is 0 Å². The van der Waals surface area contributed by atoms with Crippen molar-refractivity contribution in [1.29, 1.82) is 0 Å². The van der Waals surface area contributed by atoms with E-state index in [1.165, 1.54) is 23.1 Å². The van der Waals surface area contributed by atoms with Crippen LogP contribution in [0.25, 0.3) is 11.5 Å². The van der Waals surface area contributed by atoms with Crippen LogP contribution in [-0.2, 0) is 4.79 Å². The normalized spacial score (nSPS) is 17.1. The summed E-state index contributed by atoms with van der Waals surface area (Å²) in [6.45, 7) is 2.07. The largest absolute Gasteiger partial charge is 0.334 e. The smallest absolute Gasteiger partial charge is 0.257 e. The Labute approximate surface area is 148 Å². The second-order valence-electron chi connectivity index (χ2n) is 6.32. The van der Waals surface area contributed by atoms with Gasteiger partial charge in [-0.15, -0.1) is 0 Å². The van der Waals surface area contributed by atoms with Crippen LogP contribution in [0.2, 0.25) is 0 Å². The Morgan fingerprint density at radius 3 is 2.65 bits per heavy atom. The molecule has 1 aliphatic heterocycles. The molecule has 0 aliphatic carbocycles. The molecule has 2 heterocycles. The van der Waals surface area contributed by atoms with Gasteiger partial charge in [0.25, 0.3) is 5.89 Å². The Morgan fingerprint density at radius 1 is 1.15 bits per heavy atom. The zero-order chi connectivity index (χ0) is 18.3. The van der Waals surface area contributed by atoms with E-state index < -0.39 is 5.82 Å². The van der Waals surface area contributed by atoms with Gasteiger partial charge in [-0.3, -0.25) is 4.79 Å². The van der Waals surface area contributed by atoms with Gasteiger partial charge in [0.1, 0.15) is 11.6 Å². The number of aromatic nitrogens is 2. The summed E-state index contributed by atoms with van der Waals surface area (Å²) in [5.74, 6) is -0.628. The van der Waals surface area contributed by atoms with Gasteiger partial charge in [-0.2, -0.15) is 4.98 Å². The van der Waals surface area contributed by atoms with Crippen molar-refractivity contribution in [2.75, 3.05) is 11.4 Å². The van der Waals surface area contributed by atoms with E-state index in [1.807, 2.05) is 0 Å². The predicted molar refractivity (Wildman–Crippen MR) is 90.5 cm³/mol. The Balaban J connectivity index is 1.56. The Kier molecular flexibility index (Phi) is 3.99. The fourth-order valence-corrected chi connectivity index (χ4v) is 3.05. The van der Waals surface area contributed by atoms with E-state index in [2.05, 4.69) is 10.1 Å². The molecule has 5 nitrogen and oxygen atoms in total. The summed E-state index contributed by atoms with van der Waals surface area (Å²) in [4.78, 5) is 18.1. The molecule has 0 bridgehead atoms. The maximum Gasteiger partial charge on any atom is 0.257 e. The number of amides is 1. The molecule has 1 aromatic heterocycles. The minimum absolute atomic E-state index is 0.176. The first kappa shape index (κ1) is 16.4. The van der Waals surface area contributed by atoms with Gasteiger partial charge in [0.2, 0.25) is 5.91 Å². The third-order valence-electron chi connectivity index (χ3n) is 4.42. The predicted octanol–water partition coefficient (Wildman–Crippen LogP) is 3.84. The van der Waals surface area contributed by atoms with Crippen LogP contribution in [0.5, 0.6) is 0 Å². The molecule has 1 atom stereocenters. The van der Waals surface area contributed by atoms with Crippen LogP contribution in [0.15, 0.2) is 47.0 Å². The molecule has 7 heteroatoms. The van der Waals surface area contributed by atoms with Crippen LogP contribution in [0.4, 0.5) is 14.5 Å². The van der Waals surface area contributed by atoms with Gasteiger partial charge in [-0.05, 0) is 48.9 Å². The van der Waals surface area contributed by atoms with E-state index in [0.717, 1.165) is 5.56 Å². The van der Waals surface area contributed by atoms with Crippen molar-refractivity contribution < 1.29 is 18.1 Å². The lowest BCUT2D eigenvalue weighted by molar-refractivity contribution is -0.117.